The molecule has 208 valence electrons. The van der Waals surface area contributed by atoms with E-state index in [0.29, 0.717) is 5.56 Å². The molecule has 2 heterocycles. The molecular formula is C25H30O13. The van der Waals surface area contributed by atoms with E-state index in [1.165, 1.54) is 25.1 Å². The first-order valence-corrected chi connectivity index (χ1v) is 11.9. The van der Waals surface area contributed by atoms with Crippen LogP contribution in [0.15, 0.2) is 42.2 Å². The number of phenolic OH excluding ortho intramolecular Hbond substituents is 1. The van der Waals surface area contributed by atoms with Gasteiger partial charge in [-0.3, -0.25) is 0 Å². The molecule has 4 rings (SSSR count). The number of aliphatic carboxylic acids is 1. The Kier molecular flexibility index (Phi) is 8.09. The predicted octanol–water partition coefficient (Wildman–Crippen LogP) is -1.15. The molecule has 0 amide bonds. The number of hydrogen-bond donors (Lipinski definition) is 7. The van der Waals surface area contributed by atoms with E-state index in [4.69, 9.17) is 18.9 Å². The monoisotopic (exact) mass is 538 g/mol. The second-order valence-electron chi connectivity index (χ2n) is 9.70. The molecule has 7 N–H and O–H groups in total. The molecule has 2 fully saturated rings. The van der Waals surface area contributed by atoms with Crippen molar-refractivity contribution >= 4 is 18.0 Å². The van der Waals surface area contributed by atoms with Crippen LogP contribution in [-0.2, 0) is 28.5 Å². The lowest BCUT2D eigenvalue weighted by Crippen LogP contribution is -2.61. The van der Waals surface area contributed by atoms with E-state index in [0.717, 1.165) is 12.3 Å². The number of rotatable bonds is 7. The molecule has 1 saturated heterocycles. The van der Waals surface area contributed by atoms with Gasteiger partial charge in [0.25, 0.3) is 0 Å². The van der Waals surface area contributed by atoms with Crippen LogP contribution < -0.4 is 0 Å². The number of hydrogen-bond acceptors (Lipinski definition) is 12. The number of aliphatic hydroxyl groups is 5. The summed E-state index contributed by atoms with van der Waals surface area (Å²) in [5.74, 6) is -3.95. The number of carboxylic acids is 1. The molecule has 0 aromatic heterocycles. The van der Waals surface area contributed by atoms with Crippen molar-refractivity contribution < 1.29 is 64.3 Å². The van der Waals surface area contributed by atoms with Crippen molar-refractivity contribution in [2.75, 3.05) is 6.61 Å². The Morgan fingerprint density at radius 3 is 2.42 bits per heavy atom. The highest BCUT2D eigenvalue weighted by molar-refractivity contribution is 5.87. The molecule has 0 spiro atoms. The first kappa shape index (κ1) is 28.0. The quantitative estimate of drug-likeness (QED) is 0.161. The minimum Gasteiger partial charge on any atom is -0.508 e. The third kappa shape index (κ3) is 5.54. The zero-order chi connectivity index (χ0) is 27.8. The van der Waals surface area contributed by atoms with Crippen LogP contribution in [0.25, 0.3) is 6.08 Å². The Balaban J connectivity index is 1.43. The maximum Gasteiger partial charge on any atom is 0.334 e. The van der Waals surface area contributed by atoms with E-state index in [1.54, 1.807) is 12.1 Å². The number of phenols is 1. The molecule has 3 aliphatic rings. The fourth-order valence-electron chi connectivity index (χ4n) is 4.94. The van der Waals surface area contributed by atoms with Gasteiger partial charge in [0.05, 0.1) is 29.5 Å². The Morgan fingerprint density at radius 2 is 1.76 bits per heavy atom. The SMILES string of the molecule is C[C@@]1(O)[C@H]2[C@H](O[C@@H]3O[C@H](COC(=O)/C=C/c4ccc(O)cc4)[C@@H](O)[C@H](O)[C@H]3O)OC=C(C(=O)O)[C@H]2C[C@@H]1O. The summed E-state index contributed by atoms with van der Waals surface area (Å²) in [6, 6.07) is 6.01. The van der Waals surface area contributed by atoms with E-state index < -0.39 is 79.1 Å². The second kappa shape index (κ2) is 11.0. The first-order valence-electron chi connectivity index (χ1n) is 11.9. The van der Waals surface area contributed by atoms with Crippen molar-refractivity contribution in [1.29, 1.82) is 0 Å². The number of carbonyl (C=O) groups is 2. The van der Waals surface area contributed by atoms with E-state index in [-0.39, 0.29) is 17.7 Å². The van der Waals surface area contributed by atoms with Crippen LogP contribution in [0.5, 0.6) is 5.75 Å². The van der Waals surface area contributed by atoms with Crippen LogP contribution in [0.2, 0.25) is 0 Å². The van der Waals surface area contributed by atoms with Crippen LogP contribution in [0.1, 0.15) is 18.9 Å². The van der Waals surface area contributed by atoms with Crippen molar-refractivity contribution in [3.8, 4) is 5.75 Å². The molecular weight excluding hydrogens is 508 g/mol. The fourth-order valence-corrected chi connectivity index (χ4v) is 4.94. The number of carboxylic acid groups (broad SMARTS) is 1. The van der Waals surface area contributed by atoms with Gasteiger partial charge >= 0.3 is 11.9 Å². The van der Waals surface area contributed by atoms with Crippen molar-refractivity contribution in [1.82, 2.24) is 0 Å². The lowest BCUT2D eigenvalue weighted by Gasteiger charge is -2.44. The highest BCUT2D eigenvalue weighted by Crippen LogP contribution is 2.49. The van der Waals surface area contributed by atoms with Crippen molar-refractivity contribution in [2.24, 2.45) is 11.8 Å². The normalized spacial score (nSPS) is 38.8. The van der Waals surface area contributed by atoms with Gasteiger partial charge in [-0.15, -0.1) is 0 Å². The first-order chi connectivity index (χ1) is 17.9. The van der Waals surface area contributed by atoms with Gasteiger partial charge in [0.15, 0.2) is 6.29 Å². The summed E-state index contributed by atoms with van der Waals surface area (Å²) in [7, 11) is 0. The molecule has 2 aliphatic heterocycles. The van der Waals surface area contributed by atoms with Crippen LogP contribution in [0.3, 0.4) is 0 Å². The molecule has 10 atom stereocenters. The number of benzene rings is 1. The van der Waals surface area contributed by atoms with Crippen LogP contribution >= 0.6 is 0 Å². The highest BCUT2D eigenvalue weighted by atomic mass is 16.8. The van der Waals surface area contributed by atoms with Gasteiger partial charge in [-0.2, -0.15) is 0 Å². The Hall–Kier alpha value is -3.04. The smallest absolute Gasteiger partial charge is 0.334 e. The number of esters is 1. The largest absolute Gasteiger partial charge is 0.508 e. The summed E-state index contributed by atoms with van der Waals surface area (Å²) in [6.07, 6.45) is -7.47. The summed E-state index contributed by atoms with van der Waals surface area (Å²) in [4.78, 5) is 23.7. The van der Waals surface area contributed by atoms with Crippen LogP contribution in [0.4, 0.5) is 0 Å². The maximum atomic E-state index is 12.1. The maximum absolute atomic E-state index is 12.1. The molecule has 0 unspecified atom stereocenters. The van der Waals surface area contributed by atoms with Gasteiger partial charge in [0, 0.05) is 12.0 Å². The topological polar surface area (TPSA) is 213 Å². The lowest BCUT2D eigenvalue weighted by molar-refractivity contribution is -0.347. The van der Waals surface area contributed by atoms with E-state index in [9.17, 15) is 45.3 Å². The lowest BCUT2D eigenvalue weighted by atomic mass is 9.81. The van der Waals surface area contributed by atoms with Gasteiger partial charge in [-0.05, 0) is 37.1 Å². The van der Waals surface area contributed by atoms with Gasteiger partial charge in [0.1, 0.15) is 36.8 Å². The fraction of sp³-hybridized carbons (Fsp3) is 0.520. The molecule has 13 nitrogen and oxygen atoms in total. The minimum absolute atomic E-state index is 0.0610. The summed E-state index contributed by atoms with van der Waals surface area (Å²) in [5.41, 5.74) is -1.38. The van der Waals surface area contributed by atoms with Crippen LogP contribution in [0, 0.1) is 11.8 Å². The average molecular weight is 539 g/mol. The van der Waals surface area contributed by atoms with Gasteiger partial charge in [-0.1, -0.05) is 12.1 Å². The van der Waals surface area contributed by atoms with Crippen LogP contribution in [-0.4, -0.2) is 103 Å². The minimum atomic E-state index is -1.82. The van der Waals surface area contributed by atoms with E-state index in [1.807, 2.05) is 0 Å². The van der Waals surface area contributed by atoms with Gasteiger partial charge in [0.2, 0.25) is 6.29 Å². The Labute approximate surface area is 216 Å². The molecule has 38 heavy (non-hydrogen) atoms. The average Bonchev–Trinajstić information content (AvgIpc) is 3.11. The standard InChI is InChI=1S/C25H30O13/c1-25(34)16(27)8-13-14(22(32)33)9-36-23(18(13)25)38-24-21(31)20(30)19(29)15(37-24)10-35-17(28)7-4-11-2-5-12(26)6-3-11/h2-7,9,13,15-16,18-21,23-24,26-27,29-31,34H,8,10H2,1H3,(H,32,33)/b7-4+/t13-,15-,16+,18-,19-,20+,21-,23+,24+,25+/m1/s1. The Bertz CT molecular complexity index is 1080. The molecule has 1 saturated carbocycles. The predicted molar refractivity (Wildman–Crippen MR) is 125 cm³/mol. The second-order valence-corrected chi connectivity index (χ2v) is 9.70. The Morgan fingerprint density at radius 1 is 1.08 bits per heavy atom. The number of ether oxygens (including phenoxy) is 4. The third-order valence-electron chi connectivity index (χ3n) is 7.16. The molecule has 0 bridgehead atoms. The van der Waals surface area contributed by atoms with Crippen molar-refractivity contribution in [3.63, 3.8) is 0 Å². The van der Waals surface area contributed by atoms with Gasteiger partial charge in [-0.25, -0.2) is 9.59 Å². The zero-order valence-electron chi connectivity index (χ0n) is 20.2. The molecule has 13 heteroatoms. The molecule has 0 radical (unpaired) electrons. The number of aromatic hydroxyl groups is 1. The molecule has 1 aromatic rings. The number of aliphatic hydroxyl groups excluding tert-OH is 4. The number of carbonyl (C=O) groups excluding carboxylic acids is 1. The van der Waals surface area contributed by atoms with Gasteiger partial charge < -0.3 is 54.7 Å². The van der Waals surface area contributed by atoms with E-state index in [2.05, 4.69) is 0 Å². The number of fused-ring (bicyclic) bond motifs is 1. The summed E-state index contributed by atoms with van der Waals surface area (Å²) in [6.45, 7) is 0.776. The summed E-state index contributed by atoms with van der Waals surface area (Å²) in [5, 5.41) is 71.1. The summed E-state index contributed by atoms with van der Waals surface area (Å²) < 4.78 is 21.7. The molecule has 1 aromatic carbocycles. The zero-order valence-corrected chi connectivity index (χ0v) is 20.2. The van der Waals surface area contributed by atoms with Crippen molar-refractivity contribution in [3.05, 3.63) is 47.7 Å². The van der Waals surface area contributed by atoms with Crippen molar-refractivity contribution in [2.45, 2.75) is 62.0 Å². The highest BCUT2D eigenvalue weighted by Gasteiger charge is 2.59. The van der Waals surface area contributed by atoms with E-state index >= 15 is 0 Å². The molecule has 1 aliphatic carbocycles. The third-order valence-corrected chi connectivity index (χ3v) is 7.16. The summed E-state index contributed by atoms with van der Waals surface area (Å²) >= 11 is 0.